The number of rotatable bonds is 5. The van der Waals surface area contributed by atoms with Gasteiger partial charge in [0.2, 0.25) is 5.91 Å². The topological polar surface area (TPSA) is 66.4 Å². The number of hydrogen-bond acceptors (Lipinski definition) is 3. The van der Waals surface area contributed by atoms with Crippen molar-refractivity contribution in [1.82, 2.24) is 0 Å². The van der Waals surface area contributed by atoms with E-state index in [1.54, 1.807) is 18.2 Å². The van der Waals surface area contributed by atoms with Crippen LogP contribution in [0, 0.1) is 0 Å². The molecule has 1 amide bonds. The van der Waals surface area contributed by atoms with Crippen LogP contribution >= 0.6 is 39.3 Å². The van der Waals surface area contributed by atoms with Crippen molar-refractivity contribution in [3.8, 4) is 0 Å². The highest BCUT2D eigenvalue weighted by atomic mass is 79.9. The Balaban J connectivity index is 2.45. The van der Waals surface area contributed by atoms with Crippen molar-refractivity contribution in [2.45, 2.75) is 0 Å². The molecule has 0 radical (unpaired) electrons. The summed E-state index contributed by atoms with van der Waals surface area (Å²) in [7, 11) is 0. The fourth-order valence-electron chi connectivity index (χ4n) is 1.00. The molecule has 92 valence electrons. The first-order valence-electron chi connectivity index (χ1n) is 4.53. The number of amides is 1. The Labute approximate surface area is 116 Å². The minimum absolute atomic E-state index is 0.0856. The average molecular weight is 339 g/mol. The van der Waals surface area contributed by atoms with E-state index < -0.39 is 5.97 Å². The Morgan fingerprint density at radius 3 is 2.71 bits per heavy atom. The molecule has 0 aliphatic heterocycles. The number of halogens is 2. The molecule has 0 heterocycles. The molecule has 1 aromatic rings. The predicted molar refractivity (Wildman–Crippen MR) is 72.7 cm³/mol. The van der Waals surface area contributed by atoms with Gasteiger partial charge in [0.15, 0.2) is 0 Å². The minimum Gasteiger partial charge on any atom is -0.481 e. The molecule has 0 aliphatic carbocycles. The fraction of sp³-hybridized carbons (Fsp3) is 0.200. The quantitative estimate of drug-likeness (QED) is 0.866. The van der Waals surface area contributed by atoms with Crippen LogP contribution in [0.5, 0.6) is 0 Å². The van der Waals surface area contributed by atoms with Crippen LogP contribution < -0.4 is 5.32 Å². The molecule has 2 N–H and O–H groups in total. The van der Waals surface area contributed by atoms with E-state index in [1.807, 2.05) is 0 Å². The second-order valence-electron chi connectivity index (χ2n) is 3.06. The van der Waals surface area contributed by atoms with Gasteiger partial charge in [0.1, 0.15) is 0 Å². The number of carboxylic acid groups (broad SMARTS) is 1. The number of carboxylic acids is 1. The number of thioether (sulfide) groups is 1. The SMILES string of the molecule is O=C(O)CSCC(=O)Nc1ccc(Cl)c(Br)c1. The zero-order valence-electron chi connectivity index (χ0n) is 8.57. The fourth-order valence-corrected chi connectivity index (χ4v) is 2.03. The van der Waals surface area contributed by atoms with E-state index in [0.29, 0.717) is 15.2 Å². The van der Waals surface area contributed by atoms with Crippen LogP contribution in [0.2, 0.25) is 5.02 Å². The van der Waals surface area contributed by atoms with E-state index in [0.717, 1.165) is 11.8 Å². The number of carbonyl (C=O) groups excluding carboxylic acids is 1. The summed E-state index contributed by atoms with van der Waals surface area (Å²) in [6.45, 7) is 0. The largest absolute Gasteiger partial charge is 0.481 e. The van der Waals surface area contributed by atoms with Gasteiger partial charge in [-0.05, 0) is 34.1 Å². The summed E-state index contributed by atoms with van der Waals surface area (Å²) in [5, 5.41) is 11.6. The normalized spacial score (nSPS) is 10.0. The number of aliphatic carboxylic acids is 1. The van der Waals surface area contributed by atoms with E-state index >= 15 is 0 Å². The monoisotopic (exact) mass is 337 g/mol. The molecule has 0 saturated heterocycles. The van der Waals surface area contributed by atoms with Gasteiger partial charge in [-0.2, -0.15) is 0 Å². The van der Waals surface area contributed by atoms with Crippen LogP contribution in [0.15, 0.2) is 22.7 Å². The van der Waals surface area contributed by atoms with Crippen LogP contribution in [0.1, 0.15) is 0 Å². The van der Waals surface area contributed by atoms with Gasteiger partial charge in [-0.1, -0.05) is 11.6 Å². The van der Waals surface area contributed by atoms with Crippen molar-refractivity contribution in [3.63, 3.8) is 0 Å². The number of carbonyl (C=O) groups is 2. The molecule has 1 aromatic carbocycles. The van der Waals surface area contributed by atoms with Gasteiger partial charge in [0.05, 0.1) is 16.5 Å². The summed E-state index contributed by atoms with van der Waals surface area (Å²) in [4.78, 5) is 21.7. The number of anilines is 1. The molecule has 0 atom stereocenters. The van der Waals surface area contributed by atoms with Crippen LogP contribution in [-0.2, 0) is 9.59 Å². The maximum Gasteiger partial charge on any atom is 0.313 e. The molecule has 1 rings (SSSR count). The Morgan fingerprint density at radius 2 is 2.12 bits per heavy atom. The van der Waals surface area contributed by atoms with Crippen LogP contribution in [0.4, 0.5) is 5.69 Å². The Morgan fingerprint density at radius 1 is 1.41 bits per heavy atom. The van der Waals surface area contributed by atoms with Gasteiger partial charge < -0.3 is 10.4 Å². The van der Waals surface area contributed by atoms with Crippen LogP contribution in [0.25, 0.3) is 0 Å². The van der Waals surface area contributed by atoms with Crippen molar-refractivity contribution in [2.24, 2.45) is 0 Å². The molecule has 0 aliphatic rings. The van der Waals surface area contributed by atoms with Gasteiger partial charge in [-0.25, -0.2) is 0 Å². The maximum atomic E-state index is 11.4. The Hall–Kier alpha value is -0.720. The molecule has 17 heavy (non-hydrogen) atoms. The molecule has 0 unspecified atom stereocenters. The third-order valence-electron chi connectivity index (χ3n) is 1.66. The molecule has 0 aromatic heterocycles. The summed E-state index contributed by atoms with van der Waals surface area (Å²) >= 11 is 10.1. The van der Waals surface area contributed by atoms with Gasteiger partial charge in [0, 0.05) is 10.2 Å². The molecular formula is C10H9BrClNO3S. The standard InChI is InChI=1S/C10H9BrClNO3S/c11-7-3-6(1-2-8(7)12)13-9(14)4-17-5-10(15)16/h1-3H,4-5H2,(H,13,14)(H,15,16). The van der Waals surface area contributed by atoms with Crippen LogP contribution in [0.3, 0.4) is 0 Å². The zero-order valence-corrected chi connectivity index (χ0v) is 11.7. The van der Waals surface area contributed by atoms with E-state index in [9.17, 15) is 9.59 Å². The van der Waals surface area contributed by atoms with Crippen molar-refractivity contribution < 1.29 is 14.7 Å². The molecule has 0 fully saturated rings. The third kappa shape index (κ3) is 5.43. The highest BCUT2D eigenvalue weighted by Gasteiger charge is 2.06. The van der Waals surface area contributed by atoms with E-state index in [2.05, 4.69) is 21.2 Å². The first kappa shape index (κ1) is 14.3. The molecule has 0 bridgehead atoms. The lowest BCUT2D eigenvalue weighted by Crippen LogP contribution is -2.15. The summed E-state index contributed by atoms with van der Waals surface area (Å²) in [5.41, 5.74) is 0.613. The molecule has 7 heteroatoms. The van der Waals surface area contributed by atoms with E-state index in [-0.39, 0.29) is 17.4 Å². The third-order valence-corrected chi connectivity index (χ3v) is 3.79. The molecule has 4 nitrogen and oxygen atoms in total. The number of nitrogens with one attached hydrogen (secondary N) is 1. The Kier molecular flexibility index (Phi) is 5.80. The van der Waals surface area contributed by atoms with Gasteiger partial charge in [-0.15, -0.1) is 11.8 Å². The molecule has 0 saturated carbocycles. The zero-order chi connectivity index (χ0) is 12.8. The molecular weight excluding hydrogens is 330 g/mol. The van der Waals surface area contributed by atoms with E-state index in [1.165, 1.54) is 0 Å². The summed E-state index contributed by atoms with van der Waals surface area (Å²) < 4.78 is 0.690. The lowest BCUT2D eigenvalue weighted by atomic mass is 10.3. The van der Waals surface area contributed by atoms with Crippen molar-refractivity contribution in [1.29, 1.82) is 0 Å². The Bertz CT molecular complexity index is 442. The first-order valence-corrected chi connectivity index (χ1v) is 6.86. The summed E-state index contributed by atoms with van der Waals surface area (Å²) in [6.07, 6.45) is 0. The predicted octanol–water partition coefficient (Wildman–Crippen LogP) is 2.86. The van der Waals surface area contributed by atoms with Crippen molar-refractivity contribution in [3.05, 3.63) is 27.7 Å². The van der Waals surface area contributed by atoms with Gasteiger partial charge >= 0.3 is 5.97 Å². The lowest BCUT2D eigenvalue weighted by Gasteiger charge is -2.05. The molecule has 0 spiro atoms. The number of benzene rings is 1. The maximum absolute atomic E-state index is 11.4. The average Bonchev–Trinajstić information content (AvgIpc) is 2.23. The highest BCUT2D eigenvalue weighted by molar-refractivity contribution is 9.10. The first-order chi connectivity index (χ1) is 7.99. The van der Waals surface area contributed by atoms with Gasteiger partial charge in [0.25, 0.3) is 0 Å². The second kappa shape index (κ2) is 6.88. The lowest BCUT2D eigenvalue weighted by molar-refractivity contribution is -0.133. The second-order valence-corrected chi connectivity index (χ2v) is 5.31. The highest BCUT2D eigenvalue weighted by Crippen LogP contribution is 2.25. The van der Waals surface area contributed by atoms with Crippen LogP contribution in [-0.4, -0.2) is 28.5 Å². The summed E-state index contributed by atoms with van der Waals surface area (Å²) in [5.74, 6) is -1.16. The van der Waals surface area contributed by atoms with E-state index in [4.69, 9.17) is 16.7 Å². The minimum atomic E-state index is -0.933. The number of hydrogen-bond donors (Lipinski definition) is 2. The van der Waals surface area contributed by atoms with Crippen molar-refractivity contribution >= 4 is 56.9 Å². The van der Waals surface area contributed by atoms with Crippen molar-refractivity contribution in [2.75, 3.05) is 16.8 Å². The summed E-state index contributed by atoms with van der Waals surface area (Å²) in [6, 6.07) is 5.01. The van der Waals surface area contributed by atoms with Gasteiger partial charge in [-0.3, -0.25) is 9.59 Å². The smallest absolute Gasteiger partial charge is 0.313 e.